The summed E-state index contributed by atoms with van der Waals surface area (Å²) in [6, 6.07) is 0. The fourth-order valence-corrected chi connectivity index (χ4v) is 2.94. The Morgan fingerprint density at radius 1 is 0.545 bits per heavy atom. The molecule has 0 aliphatic carbocycles. The Morgan fingerprint density at radius 2 is 0.879 bits per heavy atom. The Balaban J connectivity index is 3.77. The normalized spacial score (nSPS) is 16.3. The van der Waals surface area contributed by atoms with Gasteiger partial charge in [0.15, 0.2) is 0 Å². The molecule has 0 fully saturated rings. The molecule has 0 spiro atoms. The first-order valence-electron chi connectivity index (χ1n) is 7.05. The Hall–Kier alpha value is -2.03. The summed E-state index contributed by atoms with van der Waals surface area (Å²) in [7, 11) is -7.33. The van der Waals surface area contributed by atoms with Crippen LogP contribution in [0.25, 0.3) is 0 Å². The van der Waals surface area contributed by atoms with E-state index in [1.807, 2.05) is 0 Å². The van der Waals surface area contributed by atoms with E-state index in [1.54, 1.807) is 0 Å². The van der Waals surface area contributed by atoms with E-state index in [9.17, 15) is 83.1 Å². The summed E-state index contributed by atoms with van der Waals surface area (Å²) in [5.41, 5.74) is 0. The van der Waals surface area contributed by atoms with Gasteiger partial charge in [-0.05, 0) is 0 Å². The van der Waals surface area contributed by atoms with E-state index < -0.39 is 61.0 Å². The lowest BCUT2D eigenvalue weighted by atomic mass is 9.91. The maximum Gasteiger partial charge on any atom is 0.460 e. The molecule has 0 saturated carbocycles. The van der Waals surface area contributed by atoms with Crippen LogP contribution in [0.3, 0.4) is 0 Å². The summed E-state index contributed by atoms with van der Waals surface area (Å²) in [6.07, 6.45) is -8.22. The zero-order chi connectivity index (χ0) is 26.9. The molecule has 1 heterocycles. The van der Waals surface area contributed by atoms with E-state index in [4.69, 9.17) is 0 Å². The maximum absolute atomic E-state index is 13.7. The third-order valence-corrected chi connectivity index (χ3v) is 5.45. The molecule has 0 saturated heterocycles. The number of imidazole rings is 1. The second-order valence-electron chi connectivity index (χ2n) is 5.86. The van der Waals surface area contributed by atoms with Crippen LogP contribution in [-0.4, -0.2) is 64.3 Å². The SMILES string of the molecule is O=S(=O)(n1ccnc1)C(F)(F)C(F)(F)C(F)(F)C(F)(F)C(F)(F)C(F)(F)C(F)(F)C(F)(F)F. The molecule has 4 nitrogen and oxygen atoms in total. The van der Waals surface area contributed by atoms with Crippen molar-refractivity contribution in [1.29, 1.82) is 0 Å². The second kappa shape index (κ2) is 7.23. The van der Waals surface area contributed by atoms with Gasteiger partial charge in [0.1, 0.15) is 6.33 Å². The van der Waals surface area contributed by atoms with Crippen LogP contribution in [0, 0.1) is 0 Å². The molecule has 0 atom stereocenters. The highest BCUT2D eigenvalue weighted by atomic mass is 32.2. The van der Waals surface area contributed by atoms with Gasteiger partial charge in [0.2, 0.25) is 0 Å². The van der Waals surface area contributed by atoms with Gasteiger partial charge in [0, 0.05) is 12.4 Å². The largest absolute Gasteiger partial charge is 0.460 e. The van der Waals surface area contributed by atoms with Gasteiger partial charge in [0.25, 0.3) is 0 Å². The molecule has 0 radical (unpaired) electrons. The average molecular weight is 550 g/mol. The highest BCUT2D eigenvalue weighted by molar-refractivity contribution is 7.91. The van der Waals surface area contributed by atoms with Gasteiger partial charge in [0.05, 0.1) is 0 Å². The molecule has 22 heteroatoms. The van der Waals surface area contributed by atoms with Crippen molar-refractivity contribution in [2.45, 2.75) is 47.0 Å². The molecule has 0 unspecified atom stereocenters. The molecule has 1 aromatic rings. The molecule has 0 bridgehead atoms. The molecule has 0 N–H and O–H groups in total. The van der Waals surface area contributed by atoms with Gasteiger partial charge in [-0.2, -0.15) is 83.1 Å². The molecule has 0 amide bonds. The van der Waals surface area contributed by atoms with Crippen molar-refractivity contribution < 1.29 is 83.1 Å². The molecule has 33 heavy (non-hydrogen) atoms. The van der Waals surface area contributed by atoms with Gasteiger partial charge in [-0.1, -0.05) is 0 Å². The van der Waals surface area contributed by atoms with E-state index >= 15 is 0 Å². The maximum atomic E-state index is 13.7. The minimum Gasteiger partial charge on any atom is -0.244 e. The topological polar surface area (TPSA) is 52.0 Å². The number of rotatable bonds is 8. The minimum absolute atomic E-state index is 0.201. The fourth-order valence-electron chi connectivity index (χ4n) is 1.83. The van der Waals surface area contributed by atoms with Crippen LogP contribution in [-0.2, 0) is 10.0 Å². The van der Waals surface area contributed by atoms with E-state index in [-0.39, 0.29) is 18.7 Å². The van der Waals surface area contributed by atoms with Crippen LogP contribution >= 0.6 is 0 Å². The van der Waals surface area contributed by atoms with Crippen LogP contribution in [0.5, 0.6) is 0 Å². The zero-order valence-electron chi connectivity index (χ0n) is 14.3. The number of alkyl halides is 17. The minimum atomic E-state index is -8.85. The predicted molar refractivity (Wildman–Crippen MR) is 67.2 cm³/mol. The number of nitrogens with zero attached hydrogens (tertiary/aromatic N) is 2. The average Bonchev–Trinajstić information content (AvgIpc) is 3.14. The number of hydrogen-bond acceptors (Lipinski definition) is 3. The van der Waals surface area contributed by atoms with Crippen molar-refractivity contribution in [1.82, 2.24) is 8.96 Å². The summed E-state index contributed by atoms with van der Waals surface area (Å²) in [4.78, 5) is 2.68. The molecular weight excluding hydrogens is 547 g/mol. The van der Waals surface area contributed by atoms with Gasteiger partial charge in [-0.3, -0.25) is 0 Å². The zero-order valence-corrected chi connectivity index (χ0v) is 15.1. The Labute approximate surface area is 169 Å². The van der Waals surface area contributed by atoms with Gasteiger partial charge < -0.3 is 0 Å². The van der Waals surface area contributed by atoms with Crippen LogP contribution in [0.15, 0.2) is 18.7 Å². The third-order valence-electron chi connectivity index (χ3n) is 3.77. The highest BCUT2D eigenvalue weighted by Gasteiger charge is 2.96. The smallest absolute Gasteiger partial charge is 0.244 e. The van der Waals surface area contributed by atoms with Crippen molar-refractivity contribution >= 4 is 10.0 Å². The fraction of sp³-hybridized carbons (Fsp3) is 0.727. The Bertz CT molecular complexity index is 964. The first kappa shape index (κ1) is 29.0. The lowest BCUT2D eigenvalue weighted by molar-refractivity contribution is -0.458. The molecule has 194 valence electrons. The quantitative estimate of drug-likeness (QED) is 0.427. The van der Waals surface area contributed by atoms with E-state index in [1.165, 1.54) is 0 Å². The van der Waals surface area contributed by atoms with Gasteiger partial charge in [-0.25, -0.2) is 8.96 Å². The third kappa shape index (κ3) is 3.41. The first-order valence-corrected chi connectivity index (χ1v) is 8.49. The number of hydrogen-bond donors (Lipinski definition) is 0. The summed E-state index contributed by atoms with van der Waals surface area (Å²) in [5, 5.41) is -7.59. The van der Waals surface area contributed by atoms with Crippen LogP contribution in [0.4, 0.5) is 74.6 Å². The van der Waals surface area contributed by atoms with Crippen LogP contribution in [0.2, 0.25) is 0 Å². The van der Waals surface area contributed by atoms with E-state index in [2.05, 4.69) is 4.98 Å². The van der Waals surface area contributed by atoms with E-state index in [0.717, 1.165) is 0 Å². The van der Waals surface area contributed by atoms with E-state index in [0.29, 0.717) is 0 Å². The van der Waals surface area contributed by atoms with Crippen LogP contribution in [0.1, 0.15) is 0 Å². The number of aromatic nitrogens is 2. The van der Waals surface area contributed by atoms with Crippen molar-refractivity contribution in [2.24, 2.45) is 0 Å². The summed E-state index contributed by atoms with van der Waals surface area (Å²) in [6.45, 7) is 0. The lowest BCUT2D eigenvalue weighted by Crippen LogP contribution is -2.75. The van der Waals surface area contributed by atoms with Gasteiger partial charge in [-0.15, -0.1) is 0 Å². The second-order valence-corrected chi connectivity index (χ2v) is 7.74. The summed E-state index contributed by atoms with van der Waals surface area (Å²) in [5.74, 6) is -51.7. The van der Waals surface area contributed by atoms with Crippen molar-refractivity contribution in [3.63, 3.8) is 0 Å². The molecular formula is C11H3F17N2O2S. The van der Waals surface area contributed by atoms with Crippen LogP contribution < -0.4 is 0 Å². The molecule has 1 aromatic heterocycles. The molecule has 0 aromatic carbocycles. The molecule has 0 aliphatic rings. The first-order chi connectivity index (χ1) is 14.1. The lowest BCUT2D eigenvalue weighted by Gasteiger charge is -2.42. The van der Waals surface area contributed by atoms with Gasteiger partial charge >= 0.3 is 57.0 Å². The number of halogens is 17. The van der Waals surface area contributed by atoms with Crippen molar-refractivity contribution in [3.8, 4) is 0 Å². The predicted octanol–water partition coefficient (Wildman–Crippen LogP) is 5.03. The standard InChI is InChI=1S/C11H3F17N2O2S/c12-4(13,6(16,17)8(20,21)10(24,25)26)5(14,15)7(18,19)9(22,23)11(27,28)33(31,32)30-2-1-29-3-30/h1-3H. The molecule has 1 rings (SSSR count). The van der Waals surface area contributed by atoms with Crippen molar-refractivity contribution in [3.05, 3.63) is 18.7 Å². The summed E-state index contributed by atoms with van der Waals surface area (Å²) >= 11 is 0. The van der Waals surface area contributed by atoms with Crippen molar-refractivity contribution in [2.75, 3.05) is 0 Å². The highest BCUT2D eigenvalue weighted by Crippen LogP contribution is 2.64. The monoisotopic (exact) mass is 550 g/mol. The Kier molecular flexibility index (Phi) is 6.36. The Morgan fingerprint density at radius 3 is 1.18 bits per heavy atom. The summed E-state index contributed by atoms with van der Waals surface area (Å²) < 4.78 is 244. The molecule has 0 aliphatic heterocycles.